The smallest absolute Gasteiger partial charge is 0.0400 e. The number of hydrogen-bond donors (Lipinski definition) is 0. The van der Waals surface area contributed by atoms with E-state index in [0.717, 1.165) is 0 Å². The molecule has 2 aliphatic heterocycles. The van der Waals surface area contributed by atoms with Gasteiger partial charge in [0.1, 0.15) is 0 Å². The summed E-state index contributed by atoms with van der Waals surface area (Å²) in [7, 11) is 0. The third kappa shape index (κ3) is 1.67. The quantitative estimate of drug-likeness (QED) is 0.559. The molecule has 0 radical (unpaired) electrons. The highest BCUT2D eigenvalue weighted by Gasteiger charge is 2.42. The number of hydrogen-bond acceptors (Lipinski definition) is 1. The van der Waals surface area contributed by atoms with E-state index in [1.807, 2.05) is 0 Å². The molecule has 2 heterocycles. The first-order chi connectivity index (χ1) is 6.02. The van der Waals surface area contributed by atoms with Crippen LogP contribution in [0, 0.1) is 5.41 Å². The van der Waals surface area contributed by atoms with Crippen molar-refractivity contribution in [2.24, 2.45) is 5.41 Å². The molecule has 0 spiro atoms. The highest BCUT2D eigenvalue weighted by molar-refractivity contribution is 5.18. The molecule has 0 bridgehead atoms. The minimum absolute atomic E-state index is 0.443. The highest BCUT2D eigenvalue weighted by Crippen LogP contribution is 2.42. The van der Waals surface area contributed by atoms with Crippen LogP contribution in [0.25, 0.3) is 0 Å². The molecule has 1 unspecified atom stereocenters. The summed E-state index contributed by atoms with van der Waals surface area (Å²) in [6.45, 7) is 9.55. The lowest BCUT2D eigenvalue weighted by molar-refractivity contribution is 0.156. The van der Waals surface area contributed by atoms with Crippen LogP contribution in [0.15, 0.2) is 12.2 Å². The van der Waals surface area contributed by atoms with Gasteiger partial charge in [-0.25, -0.2) is 0 Å². The van der Waals surface area contributed by atoms with Crippen LogP contribution < -0.4 is 0 Å². The summed E-state index contributed by atoms with van der Waals surface area (Å²) in [6, 6.07) is 0. The van der Waals surface area contributed by atoms with Crippen molar-refractivity contribution in [2.45, 2.75) is 45.6 Å². The molecular weight excluding hydrogens is 158 g/mol. The fourth-order valence-electron chi connectivity index (χ4n) is 3.00. The maximum Gasteiger partial charge on any atom is 0.0400 e. The zero-order valence-corrected chi connectivity index (χ0v) is 9.14. The summed E-state index contributed by atoms with van der Waals surface area (Å²) in [5, 5.41) is 0. The van der Waals surface area contributed by atoms with Crippen LogP contribution in [0.5, 0.6) is 0 Å². The van der Waals surface area contributed by atoms with E-state index >= 15 is 0 Å². The first-order valence-corrected chi connectivity index (χ1v) is 5.45. The van der Waals surface area contributed by atoms with Gasteiger partial charge in [0.2, 0.25) is 0 Å². The van der Waals surface area contributed by atoms with E-state index in [2.05, 4.69) is 37.8 Å². The molecule has 74 valence electrons. The summed E-state index contributed by atoms with van der Waals surface area (Å²) in [5.74, 6) is 0. The molecule has 0 aromatic heterocycles. The van der Waals surface area contributed by atoms with Gasteiger partial charge in [0.25, 0.3) is 0 Å². The summed E-state index contributed by atoms with van der Waals surface area (Å²) in [5.41, 5.74) is 0.898. The number of nitrogens with zero attached hydrogens (tertiary/aromatic N) is 1. The molecule has 0 saturated carbocycles. The van der Waals surface area contributed by atoms with E-state index in [4.69, 9.17) is 0 Å². The van der Waals surface area contributed by atoms with Gasteiger partial charge in [-0.15, -0.1) is 0 Å². The van der Waals surface area contributed by atoms with E-state index in [1.165, 1.54) is 32.4 Å². The molecule has 2 aliphatic rings. The third-order valence-corrected chi connectivity index (χ3v) is 3.26. The molecule has 1 heteroatoms. The lowest BCUT2D eigenvalue weighted by Crippen LogP contribution is -2.41. The topological polar surface area (TPSA) is 3.24 Å². The van der Waals surface area contributed by atoms with Crippen LogP contribution in [-0.2, 0) is 0 Å². The second-order valence-electron chi connectivity index (χ2n) is 5.79. The largest absolute Gasteiger partial charge is 0.291 e. The van der Waals surface area contributed by atoms with E-state index < -0.39 is 0 Å². The van der Waals surface area contributed by atoms with Crippen LogP contribution in [0.2, 0.25) is 0 Å². The first kappa shape index (κ1) is 9.26. The Morgan fingerprint density at radius 3 is 2.85 bits per heavy atom. The monoisotopic (exact) mass is 179 g/mol. The summed E-state index contributed by atoms with van der Waals surface area (Å²) < 4.78 is 0. The lowest BCUT2D eigenvalue weighted by Gasteiger charge is -2.37. The average Bonchev–Trinajstić information content (AvgIpc) is 2.40. The molecule has 1 nitrogen and oxygen atoms in total. The van der Waals surface area contributed by atoms with E-state index in [0.29, 0.717) is 11.0 Å². The molecule has 0 N–H and O–H groups in total. The van der Waals surface area contributed by atoms with Crippen molar-refractivity contribution in [1.29, 1.82) is 0 Å². The average molecular weight is 179 g/mol. The molecule has 1 atom stereocenters. The minimum atomic E-state index is 0.443. The van der Waals surface area contributed by atoms with Crippen molar-refractivity contribution in [3.05, 3.63) is 12.2 Å². The number of rotatable bonds is 1. The van der Waals surface area contributed by atoms with Gasteiger partial charge in [0, 0.05) is 12.1 Å². The molecule has 13 heavy (non-hydrogen) atoms. The van der Waals surface area contributed by atoms with Gasteiger partial charge in [0.15, 0.2) is 0 Å². The van der Waals surface area contributed by atoms with Crippen LogP contribution >= 0.6 is 0 Å². The normalized spacial score (nSPS) is 34.1. The zero-order valence-electron chi connectivity index (χ0n) is 9.14. The van der Waals surface area contributed by atoms with Crippen molar-refractivity contribution in [3.63, 3.8) is 0 Å². The third-order valence-electron chi connectivity index (χ3n) is 3.26. The second-order valence-corrected chi connectivity index (χ2v) is 5.79. The standard InChI is InChI=1S/C12H21N/c1-11(2,3)10-12-6-4-8-13(12)9-5-7-12/h4,6H,5,7-10H2,1-3H3. The Morgan fingerprint density at radius 1 is 1.38 bits per heavy atom. The molecular formula is C12H21N. The SMILES string of the molecule is CC(C)(C)CC12C=CCN1CCC2. The van der Waals surface area contributed by atoms with Gasteiger partial charge in [0.05, 0.1) is 0 Å². The zero-order chi connectivity index (χ0) is 9.53. The highest BCUT2D eigenvalue weighted by atomic mass is 15.2. The Labute approximate surface area is 81.8 Å². The van der Waals surface area contributed by atoms with Gasteiger partial charge in [-0.05, 0) is 31.2 Å². The van der Waals surface area contributed by atoms with Gasteiger partial charge in [-0.2, -0.15) is 0 Å². The van der Waals surface area contributed by atoms with Gasteiger partial charge in [-0.1, -0.05) is 32.9 Å². The van der Waals surface area contributed by atoms with E-state index in [1.54, 1.807) is 0 Å². The predicted octanol–water partition coefficient (Wildman–Crippen LogP) is 2.83. The van der Waals surface area contributed by atoms with Gasteiger partial charge in [-0.3, -0.25) is 4.90 Å². The molecule has 0 aromatic carbocycles. The van der Waals surface area contributed by atoms with Crippen molar-refractivity contribution in [3.8, 4) is 0 Å². The van der Waals surface area contributed by atoms with E-state index in [9.17, 15) is 0 Å². The molecule has 1 fully saturated rings. The number of fused-ring (bicyclic) bond motifs is 1. The Balaban J connectivity index is 2.14. The van der Waals surface area contributed by atoms with Gasteiger partial charge < -0.3 is 0 Å². The molecule has 2 rings (SSSR count). The Kier molecular flexibility index (Phi) is 2.03. The molecule has 0 aliphatic carbocycles. The van der Waals surface area contributed by atoms with E-state index in [-0.39, 0.29) is 0 Å². The molecule has 1 saturated heterocycles. The van der Waals surface area contributed by atoms with Crippen molar-refractivity contribution < 1.29 is 0 Å². The summed E-state index contributed by atoms with van der Waals surface area (Å²) in [6.07, 6.45) is 8.90. The van der Waals surface area contributed by atoms with Crippen LogP contribution in [0.3, 0.4) is 0 Å². The lowest BCUT2D eigenvalue weighted by atomic mass is 9.79. The van der Waals surface area contributed by atoms with Crippen LogP contribution in [-0.4, -0.2) is 23.5 Å². The Morgan fingerprint density at radius 2 is 2.15 bits per heavy atom. The fourth-order valence-corrected chi connectivity index (χ4v) is 3.00. The minimum Gasteiger partial charge on any atom is -0.291 e. The van der Waals surface area contributed by atoms with Crippen molar-refractivity contribution in [1.82, 2.24) is 4.90 Å². The predicted molar refractivity (Wildman–Crippen MR) is 56.8 cm³/mol. The fraction of sp³-hybridized carbons (Fsp3) is 0.833. The maximum atomic E-state index is 2.65. The van der Waals surface area contributed by atoms with Crippen molar-refractivity contribution >= 4 is 0 Å². The van der Waals surface area contributed by atoms with Crippen molar-refractivity contribution in [2.75, 3.05) is 13.1 Å². The van der Waals surface area contributed by atoms with Crippen LogP contribution in [0.1, 0.15) is 40.0 Å². The first-order valence-electron chi connectivity index (χ1n) is 5.45. The molecule has 0 aromatic rings. The molecule has 0 amide bonds. The maximum absolute atomic E-state index is 2.65. The summed E-state index contributed by atoms with van der Waals surface area (Å²) >= 11 is 0. The Hall–Kier alpha value is -0.300. The second kappa shape index (κ2) is 2.84. The Bertz CT molecular complexity index is 224. The van der Waals surface area contributed by atoms with Crippen LogP contribution in [0.4, 0.5) is 0 Å². The summed E-state index contributed by atoms with van der Waals surface area (Å²) in [4.78, 5) is 2.65. The van der Waals surface area contributed by atoms with Gasteiger partial charge >= 0.3 is 0 Å².